The van der Waals surface area contributed by atoms with Crippen molar-refractivity contribution in [2.75, 3.05) is 6.54 Å². The van der Waals surface area contributed by atoms with E-state index >= 15 is 0 Å². The van der Waals surface area contributed by atoms with Crippen LogP contribution < -0.4 is 5.32 Å². The zero-order valence-electron chi connectivity index (χ0n) is 21.7. The fourth-order valence-corrected chi connectivity index (χ4v) is 9.27. The Morgan fingerprint density at radius 3 is 2.20 bits per heavy atom. The number of hydrogen-bond donors (Lipinski definition) is 1. The SMILES string of the molecule is c1ccc2c(c1)nc(C[C@H]1CCCCN1)n2C1C[C@H]2CCC[C@@H](C1)N2C1C[C@H]2CCCC[C@@H](C1)C2. The number of imidazole rings is 1. The highest BCUT2D eigenvalue weighted by atomic mass is 15.3. The Morgan fingerprint density at radius 2 is 1.46 bits per heavy atom. The molecule has 5 aliphatic rings. The van der Waals surface area contributed by atoms with Crippen molar-refractivity contribution in [3.63, 3.8) is 0 Å². The van der Waals surface area contributed by atoms with E-state index in [0.717, 1.165) is 36.4 Å². The summed E-state index contributed by atoms with van der Waals surface area (Å²) in [6, 6.07) is 12.7. The predicted octanol–water partition coefficient (Wildman–Crippen LogP) is 6.64. The highest BCUT2D eigenvalue weighted by Crippen LogP contribution is 2.47. The van der Waals surface area contributed by atoms with Crippen molar-refractivity contribution in [3.8, 4) is 0 Å². The van der Waals surface area contributed by atoms with Crippen molar-refractivity contribution in [2.24, 2.45) is 11.8 Å². The van der Waals surface area contributed by atoms with Crippen LogP contribution in [0.2, 0.25) is 0 Å². The van der Waals surface area contributed by atoms with Gasteiger partial charge in [0.15, 0.2) is 0 Å². The minimum atomic E-state index is 0.601. The zero-order valence-corrected chi connectivity index (χ0v) is 21.7. The Bertz CT molecular complexity index is 979. The molecule has 1 aromatic carbocycles. The quantitative estimate of drug-likeness (QED) is 0.539. The number of fused-ring (bicyclic) bond motifs is 5. The van der Waals surface area contributed by atoms with E-state index < -0.39 is 0 Å². The van der Waals surface area contributed by atoms with Crippen LogP contribution in [0.5, 0.6) is 0 Å². The van der Waals surface area contributed by atoms with Gasteiger partial charge < -0.3 is 9.88 Å². The molecule has 4 nitrogen and oxygen atoms in total. The summed E-state index contributed by atoms with van der Waals surface area (Å²) in [5.74, 6) is 3.39. The number of nitrogens with one attached hydrogen (secondary N) is 1. The van der Waals surface area contributed by atoms with Crippen LogP contribution in [0.3, 0.4) is 0 Å². The standard InChI is InChI=1S/C31H46N4/c1-2-9-23-16-22(8-1)17-27(18-23)34-25-11-7-12-26(34)21-28(20-25)35-30-14-4-3-13-29(30)33-31(35)19-24-10-5-6-15-32-24/h3-4,13-14,22-28,32H,1-2,5-12,15-21H2/t22-,23+,24-,25-,26+,27?,28?/m1/s1. The van der Waals surface area contributed by atoms with Gasteiger partial charge in [-0.3, -0.25) is 4.90 Å². The summed E-state index contributed by atoms with van der Waals surface area (Å²) in [6.45, 7) is 1.18. The number of nitrogens with zero attached hydrogens (tertiary/aromatic N) is 3. The molecule has 2 saturated carbocycles. The van der Waals surface area contributed by atoms with Gasteiger partial charge in [-0.25, -0.2) is 4.98 Å². The third kappa shape index (κ3) is 4.48. The van der Waals surface area contributed by atoms with Crippen molar-refractivity contribution in [1.82, 2.24) is 19.8 Å². The number of hydrogen-bond acceptors (Lipinski definition) is 3. The Kier molecular flexibility index (Phi) is 6.39. The number of benzene rings is 1. The molecule has 4 heterocycles. The normalized spacial score (nSPS) is 38.3. The third-order valence-corrected chi connectivity index (χ3v) is 10.7. The van der Waals surface area contributed by atoms with E-state index in [4.69, 9.17) is 4.98 Å². The van der Waals surface area contributed by atoms with Crippen LogP contribution in [0.15, 0.2) is 24.3 Å². The summed E-state index contributed by atoms with van der Waals surface area (Å²) < 4.78 is 2.73. The van der Waals surface area contributed by atoms with Gasteiger partial charge in [-0.2, -0.15) is 0 Å². The molecule has 35 heavy (non-hydrogen) atoms. The molecule has 190 valence electrons. The first kappa shape index (κ1) is 22.8. The maximum Gasteiger partial charge on any atom is 0.111 e. The molecule has 2 aromatic rings. The van der Waals surface area contributed by atoms with Gasteiger partial charge in [0.2, 0.25) is 0 Å². The van der Waals surface area contributed by atoms with Crippen LogP contribution in [-0.2, 0) is 6.42 Å². The molecule has 3 aliphatic heterocycles. The van der Waals surface area contributed by atoms with Gasteiger partial charge in [-0.15, -0.1) is 0 Å². The summed E-state index contributed by atoms with van der Waals surface area (Å²) in [7, 11) is 0. The lowest BCUT2D eigenvalue weighted by atomic mass is 9.73. The molecule has 5 fully saturated rings. The van der Waals surface area contributed by atoms with E-state index in [-0.39, 0.29) is 0 Å². The van der Waals surface area contributed by atoms with Crippen molar-refractivity contribution >= 4 is 11.0 Å². The van der Waals surface area contributed by atoms with Gasteiger partial charge in [0.1, 0.15) is 5.82 Å². The monoisotopic (exact) mass is 474 g/mol. The molecule has 7 atom stereocenters. The number of piperidine rings is 3. The van der Waals surface area contributed by atoms with E-state index in [1.165, 1.54) is 113 Å². The van der Waals surface area contributed by atoms with Gasteiger partial charge >= 0.3 is 0 Å². The lowest BCUT2D eigenvalue weighted by Crippen LogP contribution is -2.58. The van der Waals surface area contributed by atoms with E-state index in [1.54, 1.807) is 6.42 Å². The van der Waals surface area contributed by atoms with Crippen molar-refractivity contribution in [2.45, 2.75) is 133 Å². The van der Waals surface area contributed by atoms with E-state index in [2.05, 4.69) is 39.0 Å². The molecule has 3 saturated heterocycles. The van der Waals surface area contributed by atoms with Crippen molar-refractivity contribution in [1.29, 1.82) is 0 Å². The van der Waals surface area contributed by atoms with Crippen LogP contribution in [-0.4, -0.2) is 45.2 Å². The highest BCUT2D eigenvalue weighted by molar-refractivity contribution is 5.76. The van der Waals surface area contributed by atoms with Crippen LogP contribution in [0.1, 0.15) is 108 Å². The second-order valence-electron chi connectivity index (χ2n) is 12.9. The maximum absolute atomic E-state index is 5.24. The van der Waals surface area contributed by atoms with E-state index in [9.17, 15) is 0 Å². The topological polar surface area (TPSA) is 33.1 Å². The Labute approximate surface area is 212 Å². The average Bonchev–Trinajstić information content (AvgIpc) is 3.14. The van der Waals surface area contributed by atoms with Crippen LogP contribution in [0.25, 0.3) is 11.0 Å². The fourth-order valence-electron chi connectivity index (χ4n) is 9.27. The Hall–Kier alpha value is -1.39. The molecule has 0 radical (unpaired) electrons. The van der Waals surface area contributed by atoms with E-state index in [1.807, 2.05) is 0 Å². The van der Waals surface area contributed by atoms with Crippen molar-refractivity contribution in [3.05, 3.63) is 30.1 Å². The predicted molar refractivity (Wildman–Crippen MR) is 144 cm³/mol. The second-order valence-corrected chi connectivity index (χ2v) is 12.9. The summed E-state index contributed by atoms with van der Waals surface area (Å²) in [4.78, 5) is 8.36. The fraction of sp³-hybridized carbons (Fsp3) is 0.774. The highest BCUT2D eigenvalue weighted by Gasteiger charge is 2.45. The van der Waals surface area contributed by atoms with Gasteiger partial charge in [-0.1, -0.05) is 50.7 Å². The number of rotatable bonds is 4. The molecule has 1 N–H and O–H groups in total. The summed E-state index contributed by atoms with van der Waals surface area (Å²) in [6.07, 6.45) is 22.6. The minimum Gasteiger partial charge on any atom is -0.325 e. The Morgan fingerprint density at radius 1 is 0.714 bits per heavy atom. The van der Waals surface area contributed by atoms with Crippen LogP contribution >= 0.6 is 0 Å². The molecule has 4 heteroatoms. The first-order valence-corrected chi connectivity index (χ1v) is 15.3. The van der Waals surface area contributed by atoms with Gasteiger partial charge in [-0.05, 0) is 88.3 Å². The number of para-hydroxylation sites is 2. The van der Waals surface area contributed by atoms with Gasteiger partial charge in [0, 0.05) is 36.6 Å². The van der Waals surface area contributed by atoms with Crippen molar-refractivity contribution < 1.29 is 0 Å². The number of aromatic nitrogens is 2. The largest absolute Gasteiger partial charge is 0.325 e. The first-order valence-electron chi connectivity index (χ1n) is 15.3. The lowest BCUT2D eigenvalue weighted by molar-refractivity contribution is -0.0420. The minimum absolute atomic E-state index is 0.601. The second kappa shape index (κ2) is 9.82. The van der Waals surface area contributed by atoms with Gasteiger partial charge in [0.25, 0.3) is 0 Å². The molecule has 7 rings (SSSR count). The average molecular weight is 475 g/mol. The van der Waals surface area contributed by atoms with Crippen LogP contribution in [0, 0.1) is 11.8 Å². The maximum atomic E-state index is 5.24. The zero-order chi connectivity index (χ0) is 23.2. The summed E-state index contributed by atoms with van der Waals surface area (Å²) in [5.41, 5.74) is 2.60. The smallest absolute Gasteiger partial charge is 0.111 e. The molecule has 2 aliphatic carbocycles. The molecule has 0 amide bonds. The van der Waals surface area contributed by atoms with E-state index in [0.29, 0.717) is 12.1 Å². The molecular formula is C31H46N4. The lowest BCUT2D eigenvalue weighted by Gasteiger charge is -2.54. The molecule has 4 bridgehead atoms. The third-order valence-electron chi connectivity index (χ3n) is 10.7. The van der Waals surface area contributed by atoms with Gasteiger partial charge in [0.05, 0.1) is 11.0 Å². The summed E-state index contributed by atoms with van der Waals surface area (Å²) >= 11 is 0. The molecule has 2 unspecified atom stereocenters. The van der Waals surface area contributed by atoms with Crippen LogP contribution in [0.4, 0.5) is 0 Å². The molecule has 0 spiro atoms. The Balaban J connectivity index is 1.16. The first-order chi connectivity index (χ1) is 17.3. The molecule has 1 aromatic heterocycles. The molecular weight excluding hydrogens is 428 g/mol. The summed E-state index contributed by atoms with van der Waals surface area (Å²) in [5, 5.41) is 3.79.